The van der Waals surface area contributed by atoms with E-state index in [4.69, 9.17) is 0 Å². The summed E-state index contributed by atoms with van der Waals surface area (Å²) >= 11 is 0. The molecule has 0 saturated heterocycles. The number of aliphatic hydroxyl groups is 1. The van der Waals surface area contributed by atoms with E-state index in [1.54, 1.807) is 0 Å². The highest BCUT2D eigenvalue weighted by Gasteiger charge is 2.61. The van der Waals surface area contributed by atoms with Crippen molar-refractivity contribution in [3.05, 3.63) is 29.3 Å². The van der Waals surface area contributed by atoms with Gasteiger partial charge in [0.1, 0.15) is 19.4 Å². The fourth-order valence-corrected chi connectivity index (χ4v) is 8.48. The lowest BCUT2D eigenvalue weighted by Crippen LogP contribution is -2.50. The zero-order chi connectivity index (χ0) is 21.0. The van der Waals surface area contributed by atoms with Crippen LogP contribution in [0.4, 0.5) is 0 Å². The second-order valence-electron chi connectivity index (χ2n) is 10.9. The molecule has 2 saturated carbocycles. The number of aromatic hydroxyl groups is 1. The van der Waals surface area contributed by atoms with Crippen LogP contribution in [0.1, 0.15) is 76.3 Å². The second kappa shape index (κ2) is 7.17. The maximum Gasteiger partial charge on any atom is 0.135 e. The second-order valence-corrected chi connectivity index (χ2v) is 15.6. The molecule has 2 fully saturated rings. The van der Waals surface area contributed by atoms with Gasteiger partial charge in [0, 0.05) is 5.41 Å². The van der Waals surface area contributed by atoms with Gasteiger partial charge in [-0.1, -0.05) is 52.3 Å². The van der Waals surface area contributed by atoms with Crippen molar-refractivity contribution in [3.63, 3.8) is 0 Å². The van der Waals surface area contributed by atoms with Crippen LogP contribution >= 0.6 is 0 Å². The van der Waals surface area contributed by atoms with Crippen LogP contribution in [0, 0.1) is 28.7 Å². The lowest BCUT2D eigenvalue weighted by atomic mass is 9.53. The van der Waals surface area contributed by atoms with Crippen LogP contribution in [0.3, 0.4) is 0 Å². The van der Waals surface area contributed by atoms with Crippen molar-refractivity contribution < 1.29 is 10.2 Å². The molecule has 0 amide bonds. The van der Waals surface area contributed by atoms with E-state index in [1.807, 2.05) is 12.1 Å². The molecule has 158 valence electrons. The van der Waals surface area contributed by atoms with Gasteiger partial charge in [-0.3, -0.25) is 0 Å². The first-order chi connectivity index (χ1) is 13.6. The maximum atomic E-state index is 11.8. The summed E-state index contributed by atoms with van der Waals surface area (Å²) in [7, 11) is -1.64. The van der Waals surface area contributed by atoms with Crippen LogP contribution in [-0.2, 0) is 6.42 Å². The molecule has 0 radical (unpaired) electrons. The minimum Gasteiger partial charge on any atom is -0.508 e. The van der Waals surface area contributed by atoms with Crippen LogP contribution in [-0.4, -0.2) is 23.9 Å². The molecule has 0 aromatic heterocycles. The van der Waals surface area contributed by atoms with Crippen molar-refractivity contribution >= 4 is 8.07 Å². The highest BCUT2D eigenvalue weighted by atomic mass is 28.3. The van der Waals surface area contributed by atoms with E-state index >= 15 is 0 Å². The third kappa shape index (κ3) is 3.28. The van der Waals surface area contributed by atoms with Gasteiger partial charge in [0.05, 0.1) is 0 Å². The Morgan fingerprint density at radius 1 is 1.21 bits per heavy atom. The Balaban J connectivity index is 1.63. The molecule has 29 heavy (non-hydrogen) atoms. The van der Waals surface area contributed by atoms with Gasteiger partial charge in [-0.15, -0.1) is 5.54 Å². The van der Waals surface area contributed by atoms with Crippen molar-refractivity contribution in [2.45, 2.75) is 95.9 Å². The number of aryl methyl sites for hydroxylation is 1. The summed E-state index contributed by atoms with van der Waals surface area (Å²) in [5.41, 5.74) is 6.19. The molecule has 3 aliphatic rings. The van der Waals surface area contributed by atoms with Crippen molar-refractivity contribution in [1.29, 1.82) is 0 Å². The van der Waals surface area contributed by atoms with Crippen LogP contribution in [0.15, 0.2) is 18.2 Å². The number of rotatable bonds is 2. The fourth-order valence-electron chi connectivity index (χ4n) is 6.69. The summed E-state index contributed by atoms with van der Waals surface area (Å²) in [6.07, 6.45) is 7.51. The van der Waals surface area contributed by atoms with Crippen LogP contribution in [0.5, 0.6) is 5.75 Å². The van der Waals surface area contributed by atoms with E-state index < -0.39 is 13.7 Å². The molecule has 1 aromatic carbocycles. The van der Waals surface area contributed by atoms with Crippen molar-refractivity contribution in [1.82, 2.24) is 0 Å². The first kappa shape index (κ1) is 21.0. The summed E-state index contributed by atoms with van der Waals surface area (Å²) in [6, 6.07) is 5.98. The SMILES string of the molecule is CCC(C)[Si](C)(C)C#C[C@]1(O)CC[C@H]2[C@@H]3CCc4cc(O)ccc4[C@H]3CC[C@@]21C. The minimum atomic E-state index is -1.64. The predicted octanol–water partition coefficient (Wildman–Crippen LogP) is 6.03. The molecule has 6 atom stereocenters. The first-order valence-corrected chi connectivity index (χ1v) is 14.8. The first-order valence-electron chi connectivity index (χ1n) is 11.7. The Morgan fingerprint density at radius 3 is 2.69 bits per heavy atom. The molecule has 1 aromatic rings. The molecule has 1 unspecified atom stereocenters. The average Bonchev–Trinajstić information content (AvgIpc) is 2.97. The third-order valence-electron chi connectivity index (χ3n) is 9.30. The monoisotopic (exact) mass is 410 g/mol. The normalized spacial score (nSPS) is 37.0. The molecule has 0 spiro atoms. The Kier molecular flexibility index (Phi) is 5.19. The van der Waals surface area contributed by atoms with Gasteiger partial charge in [-0.05, 0) is 85.1 Å². The van der Waals surface area contributed by atoms with Gasteiger partial charge in [0.15, 0.2) is 0 Å². The molecule has 3 aliphatic carbocycles. The summed E-state index contributed by atoms with van der Waals surface area (Å²) < 4.78 is 0. The Bertz CT molecular complexity index is 850. The molecule has 4 rings (SSSR count). The Labute approximate surface area is 178 Å². The Hall–Kier alpha value is -1.24. The predicted molar refractivity (Wildman–Crippen MR) is 123 cm³/mol. The average molecular weight is 411 g/mol. The van der Waals surface area contributed by atoms with Gasteiger partial charge in [-0.2, -0.15) is 0 Å². The van der Waals surface area contributed by atoms with Gasteiger partial charge >= 0.3 is 0 Å². The van der Waals surface area contributed by atoms with Gasteiger partial charge in [0.2, 0.25) is 0 Å². The quantitative estimate of drug-likeness (QED) is 0.461. The van der Waals surface area contributed by atoms with Crippen molar-refractivity contribution in [2.24, 2.45) is 17.3 Å². The molecule has 2 N–H and O–H groups in total. The van der Waals surface area contributed by atoms with Crippen LogP contribution < -0.4 is 0 Å². The number of phenols is 1. The van der Waals surface area contributed by atoms with Crippen LogP contribution in [0.25, 0.3) is 0 Å². The van der Waals surface area contributed by atoms with Gasteiger partial charge in [-0.25, -0.2) is 0 Å². The van der Waals surface area contributed by atoms with Crippen molar-refractivity contribution in [2.75, 3.05) is 0 Å². The Morgan fingerprint density at radius 2 is 1.97 bits per heavy atom. The van der Waals surface area contributed by atoms with Crippen LogP contribution in [0.2, 0.25) is 18.6 Å². The number of phenolic OH excluding ortho intramolecular Hbond substituents is 1. The maximum absolute atomic E-state index is 11.8. The molecule has 0 heterocycles. The van der Waals surface area contributed by atoms with E-state index in [-0.39, 0.29) is 5.41 Å². The number of hydrogen-bond donors (Lipinski definition) is 2. The smallest absolute Gasteiger partial charge is 0.135 e. The van der Waals surface area contributed by atoms with E-state index in [1.165, 1.54) is 24.0 Å². The van der Waals surface area contributed by atoms with E-state index in [0.29, 0.717) is 29.0 Å². The molecule has 3 heteroatoms. The van der Waals surface area contributed by atoms with Gasteiger partial charge in [0.25, 0.3) is 0 Å². The molecular formula is C26H38O2Si. The highest BCUT2D eigenvalue weighted by molar-refractivity contribution is 6.86. The largest absolute Gasteiger partial charge is 0.508 e. The summed E-state index contributed by atoms with van der Waals surface area (Å²) in [5.74, 6) is 5.67. The lowest BCUT2D eigenvalue weighted by Gasteiger charge is -2.52. The molecular weight excluding hydrogens is 372 g/mol. The topological polar surface area (TPSA) is 40.5 Å². The zero-order valence-corrected chi connectivity index (χ0v) is 19.9. The lowest BCUT2D eigenvalue weighted by molar-refractivity contribution is -0.0647. The summed E-state index contributed by atoms with van der Waals surface area (Å²) in [6.45, 7) is 11.6. The van der Waals surface area contributed by atoms with E-state index in [9.17, 15) is 10.2 Å². The number of benzene rings is 1. The standard InChI is InChI=1S/C26H38O2Si/c1-6-18(2)29(4,5)16-15-26(28)14-12-24-23-9-7-19-17-20(27)8-10-21(19)22(23)11-13-25(24,26)3/h8,10,17-18,22-24,27-28H,6-7,9,11-14H2,1-5H3/t18?,22-,23-,24+,25+,26-/m1/s1. The molecule has 0 bridgehead atoms. The highest BCUT2D eigenvalue weighted by Crippen LogP contribution is 2.64. The fraction of sp³-hybridized carbons (Fsp3) is 0.692. The zero-order valence-electron chi connectivity index (χ0n) is 18.9. The third-order valence-corrected chi connectivity index (χ3v) is 12.9. The molecule has 0 aliphatic heterocycles. The summed E-state index contributed by atoms with van der Waals surface area (Å²) in [5, 5.41) is 21.7. The summed E-state index contributed by atoms with van der Waals surface area (Å²) in [4.78, 5) is 0. The molecule has 2 nitrogen and oxygen atoms in total. The minimum absolute atomic E-state index is 0.0878. The van der Waals surface area contributed by atoms with E-state index in [2.05, 4.69) is 51.4 Å². The number of hydrogen-bond acceptors (Lipinski definition) is 2. The van der Waals surface area contributed by atoms with Gasteiger partial charge < -0.3 is 10.2 Å². The van der Waals surface area contributed by atoms with Crippen molar-refractivity contribution in [3.8, 4) is 17.2 Å². The number of fused-ring (bicyclic) bond motifs is 5. The van der Waals surface area contributed by atoms with E-state index in [0.717, 1.165) is 32.1 Å².